The van der Waals surface area contributed by atoms with Gasteiger partial charge in [-0.2, -0.15) is 0 Å². The van der Waals surface area contributed by atoms with Gasteiger partial charge < -0.3 is 9.88 Å². The van der Waals surface area contributed by atoms with Crippen LogP contribution in [0.25, 0.3) is 11.0 Å². The number of imidazole rings is 1. The molecule has 1 aromatic heterocycles. The Hall–Kier alpha value is -1.06. The molecular formula is C13H18ClN3. The van der Waals surface area contributed by atoms with E-state index in [1.807, 2.05) is 25.2 Å². The minimum atomic E-state index is -0.151. The Morgan fingerprint density at radius 1 is 1.41 bits per heavy atom. The molecule has 0 aliphatic carbocycles. The molecule has 2 aromatic rings. The van der Waals surface area contributed by atoms with Gasteiger partial charge in [0.1, 0.15) is 5.82 Å². The summed E-state index contributed by atoms with van der Waals surface area (Å²) in [6.07, 6.45) is 0. The van der Waals surface area contributed by atoms with Gasteiger partial charge in [0.25, 0.3) is 0 Å². The lowest BCUT2D eigenvalue weighted by Gasteiger charge is -2.24. The third kappa shape index (κ3) is 2.05. The van der Waals surface area contributed by atoms with E-state index in [1.165, 1.54) is 0 Å². The van der Waals surface area contributed by atoms with Gasteiger partial charge in [0.2, 0.25) is 0 Å². The summed E-state index contributed by atoms with van der Waals surface area (Å²) in [5.74, 6) is 1.04. The van der Waals surface area contributed by atoms with Gasteiger partial charge in [-0.15, -0.1) is 0 Å². The Kier molecular flexibility index (Phi) is 3.15. The molecule has 4 heteroatoms. The number of hydrogen-bond acceptors (Lipinski definition) is 2. The molecule has 0 unspecified atom stereocenters. The van der Waals surface area contributed by atoms with E-state index in [0.29, 0.717) is 0 Å². The summed E-state index contributed by atoms with van der Waals surface area (Å²) >= 11 is 6.05. The van der Waals surface area contributed by atoms with Gasteiger partial charge in [0.05, 0.1) is 16.6 Å². The maximum absolute atomic E-state index is 6.05. The number of aromatic nitrogens is 2. The second-order valence-corrected chi connectivity index (χ2v) is 5.12. The number of hydrogen-bond donors (Lipinski definition) is 1. The highest BCUT2D eigenvalue weighted by Crippen LogP contribution is 2.26. The van der Waals surface area contributed by atoms with Gasteiger partial charge in [-0.25, -0.2) is 4.98 Å². The SMILES string of the molecule is CCn1c(C(C)(C)NC)nc2ccc(Cl)cc21. The molecule has 92 valence electrons. The highest BCUT2D eigenvalue weighted by Gasteiger charge is 2.25. The lowest BCUT2D eigenvalue weighted by Crippen LogP contribution is -2.36. The van der Waals surface area contributed by atoms with Crippen molar-refractivity contribution in [1.82, 2.24) is 14.9 Å². The number of halogens is 1. The maximum atomic E-state index is 6.05. The molecule has 0 spiro atoms. The first-order valence-corrected chi connectivity index (χ1v) is 6.22. The van der Waals surface area contributed by atoms with Crippen LogP contribution in [0, 0.1) is 0 Å². The number of nitrogens with one attached hydrogen (secondary N) is 1. The molecule has 0 saturated heterocycles. The molecule has 0 amide bonds. The second-order valence-electron chi connectivity index (χ2n) is 4.69. The van der Waals surface area contributed by atoms with Gasteiger partial charge >= 0.3 is 0 Å². The van der Waals surface area contributed by atoms with E-state index in [0.717, 1.165) is 28.4 Å². The van der Waals surface area contributed by atoms with Crippen LogP contribution in [-0.4, -0.2) is 16.6 Å². The molecule has 1 aromatic carbocycles. The molecule has 0 bridgehead atoms. The minimum absolute atomic E-state index is 0.151. The van der Waals surface area contributed by atoms with Gasteiger partial charge in [-0.1, -0.05) is 11.6 Å². The standard InChI is InChI=1S/C13H18ClN3/c1-5-17-11-8-9(14)6-7-10(11)16-12(17)13(2,3)15-4/h6-8,15H,5H2,1-4H3. The molecule has 0 radical (unpaired) electrons. The van der Waals surface area contributed by atoms with E-state index < -0.39 is 0 Å². The van der Waals surface area contributed by atoms with Crippen molar-refractivity contribution >= 4 is 22.6 Å². The third-order valence-electron chi connectivity index (χ3n) is 3.21. The van der Waals surface area contributed by atoms with Crippen LogP contribution in [0.5, 0.6) is 0 Å². The fourth-order valence-electron chi connectivity index (χ4n) is 2.00. The molecule has 0 fully saturated rings. The van der Waals surface area contributed by atoms with Crippen LogP contribution in [0.4, 0.5) is 0 Å². The number of rotatable bonds is 3. The van der Waals surface area contributed by atoms with E-state index in [-0.39, 0.29) is 5.54 Å². The highest BCUT2D eigenvalue weighted by atomic mass is 35.5. The van der Waals surface area contributed by atoms with Crippen LogP contribution in [0.3, 0.4) is 0 Å². The Balaban J connectivity index is 2.73. The van der Waals surface area contributed by atoms with Gasteiger partial charge in [-0.3, -0.25) is 0 Å². The van der Waals surface area contributed by atoms with E-state index in [2.05, 4.69) is 30.7 Å². The Bertz CT molecular complexity index is 543. The summed E-state index contributed by atoms with van der Waals surface area (Å²) in [6, 6.07) is 5.83. The highest BCUT2D eigenvalue weighted by molar-refractivity contribution is 6.31. The van der Waals surface area contributed by atoms with Crippen LogP contribution in [-0.2, 0) is 12.1 Å². The number of benzene rings is 1. The molecule has 17 heavy (non-hydrogen) atoms. The first-order valence-electron chi connectivity index (χ1n) is 5.84. The van der Waals surface area contributed by atoms with Crippen LogP contribution < -0.4 is 5.32 Å². The molecule has 0 aliphatic rings. The molecule has 1 heterocycles. The molecule has 0 saturated carbocycles. The molecule has 0 aliphatic heterocycles. The van der Waals surface area contributed by atoms with E-state index in [1.54, 1.807) is 0 Å². The molecular weight excluding hydrogens is 234 g/mol. The van der Waals surface area contributed by atoms with Gasteiger partial charge in [0.15, 0.2) is 0 Å². The maximum Gasteiger partial charge on any atom is 0.129 e. The topological polar surface area (TPSA) is 29.9 Å². The third-order valence-corrected chi connectivity index (χ3v) is 3.45. The molecule has 2 rings (SSSR count). The Labute approximate surface area is 107 Å². The first kappa shape index (κ1) is 12.4. The summed E-state index contributed by atoms with van der Waals surface area (Å²) in [5, 5.41) is 4.04. The average molecular weight is 252 g/mol. The van der Waals surface area contributed by atoms with Gasteiger partial charge in [0, 0.05) is 11.6 Å². The van der Waals surface area contributed by atoms with Crippen molar-refractivity contribution in [3.63, 3.8) is 0 Å². The Morgan fingerprint density at radius 3 is 2.71 bits per heavy atom. The zero-order valence-corrected chi connectivity index (χ0v) is 11.5. The lowest BCUT2D eigenvalue weighted by molar-refractivity contribution is 0.400. The molecule has 0 atom stereocenters. The van der Waals surface area contributed by atoms with Crippen molar-refractivity contribution in [1.29, 1.82) is 0 Å². The molecule has 3 nitrogen and oxygen atoms in total. The van der Waals surface area contributed by atoms with Crippen LogP contribution in [0.1, 0.15) is 26.6 Å². The number of fused-ring (bicyclic) bond motifs is 1. The van der Waals surface area contributed by atoms with Crippen LogP contribution >= 0.6 is 11.6 Å². The lowest BCUT2D eigenvalue weighted by atomic mass is 10.1. The van der Waals surface area contributed by atoms with Crippen LogP contribution in [0.2, 0.25) is 5.02 Å². The largest absolute Gasteiger partial charge is 0.327 e. The summed E-state index contributed by atoms with van der Waals surface area (Å²) in [5.41, 5.74) is 1.94. The van der Waals surface area contributed by atoms with Gasteiger partial charge in [-0.05, 0) is 46.0 Å². The van der Waals surface area contributed by atoms with E-state index in [4.69, 9.17) is 16.6 Å². The zero-order valence-electron chi connectivity index (χ0n) is 10.7. The van der Waals surface area contributed by atoms with E-state index in [9.17, 15) is 0 Å². The van der Waals surface area contributed by atoms with E-state index >= 15 is 0 Å². The van der Waals surface area contributed by atoms with Crippen molar-refractivity contribution < 1.29 is 0 Å². The zero-order chi connectivity index (χ0) is 12.6. The number of aryl methyl sites for hydroxylation is 1. The molecule has 1 N–H and O–H groups in total. The smallest absolute Gasteiger partial charge is 0.129 e. The summed E-state index contributed by atoms with van der Waals surface area (Å²) < 4.78 is 2.21. The van der Waals surface area contributed by atoms with Crippen molar-refractivity contribution in [2.75, 3.05) is 7.05 Å². The predicted molar refractivity (Wildman–Crippen MR) is 72.5 cm³/mol. The van der Waals surface area contributed by atoms with Crippen molar-refractivity contribution in [2.24, 2.45) is 0 Å². The summed E-state index contributed by atoms with van der Waals surface area (Å²) in [4.78, 5) is 4.71. The average Bonchev–Trinajstić information content (AvgIpc) is 2.67. The first-order chi connectivity index (χ1) is 7.99. The number of nitrogens with zero attached hydrogens (tertiary/aromatic N) is 2. The minimum Gasteiger partial charge on any atom is -0.327 e. The fourth-order valence-corrected chi connectivity index (χ4v) is 2.17. The quantitative estimate of drug-likeness (QED) is 0.908. The normalized spacial score (nSPS) is 12.3. The summed E-state index contributed by atoms with van der Waals surface area (Å²) in [6.45, 7) is 7.26. The van der Waals surface area contributed by atoms with Crippen molar-refractivity contribution in [3.8, 4) is 0 Å². The Morgan fingerprint density at radius 2 is 2.12 bits per heavy atom. The monoisotopic (exact) mass is 251 g/mol. The van der Waals surface area contributed by atoms with Crippen molar-refractivity contribution in [2.45, 2.75) is 32.9 Å². The van der Waals surface area contributed by atoms with Crippen LogP contribution in [0.15, 0.2) is 18.2 Å². The van der Waals surface area contributed by atoms with Crippen molar-refractivity contribution in [3.05, 3.63) is 29.0 Å². The summed E-state index contributed by atoms with van der Waals surface area (Å²) in [7, 11) is 1.95. The predicted octanol–water partition coefficient (Wildman–Crippen LogP) is 3.16. The second kappa shape index (κ2) is 4.31. The fraction of sp³-hybridized carbons (Fsp3) is 0.462.